The molecule has 0 saturated carbocycles. The summed E-state index contributed by atoms with van der Waals surface area (Å²) in [5.74, 6) is 0.293. The summed E-state index contributed by atoms with van der Waals surface area (Å²) < 4.78 is 24.8. The summed E-state index contributed by atoms with van der Waals surface area (Å²) in [5, 5.41) is 10.8. The number of fused-ring (bicyclic) bond motifs is 1. The predicted octanol–water partition coefficient (Wildman–Crippen LogP) is 2.01. The van der Waals surface area contributed by atoms with Crippen molar-refractivity contribution in [3.8, 4) is 0 Å². The van der Waals surface area contributed by atoms with Crippen LogP contribution in [0.5, 0.6) is 0 Å². The second-order valence-corrected chi connectivity index (χ2v) is 7.51. The van der Waals surface area contributed by atoms with Gasteiger partial charge in [-0.1, -0.05) is 18.5 Å². The smallest absolute Gasteiger partial charge is 0.150 e. The molecule has 0 aliphatic heterocycles. The van der Waals surface area contributed by atoms with Gasteiger partial charge in [-0.15, -0.1) is 0 Å². The normalized spacial score (nSPS) is 12.2. The Kier molecular flexibility index (Phi) is 4.67. The topological polar surface area (TPSA) is 72.2 Å². The van der Waals surface area contributed by atoms with Crippen molar-refractivity contribution in [1.82, 2.24) is 9.55 Å². The van der Waals surface area contributed by atoms with Crippen LogP contribution in [0.15, 0.2) is 18.3 Å². The van der Waals surface area contributed by atoms with Crippen molar-refractivity contribution in [2.75, 3.05) is 11.5 Å². The van der Waals surface area contributed by atoms with Crippen LogP contribution in [0, 0.1) is 0 Å². The van der Waals surface area contributed by atoms with Gasteiger partial charge in [-0.05, 0) is 18.6 Å². The Morgan fingerprint density at radius 2 is 2.15 bits per heavy atom. The number of sulfone groups is 1. The Bertz CT molecular complexity index is 710. The molecule has 1 N–H and O–H groups in total. The zero-order valence-corrected chi connectivity index (χ0v) is 12.8. The van der Waals surface area contributed by atoms with E-state index < -0.39 is 9.84 Å². The fourth-order valence-corrected chi connectivity index (χ4v) is 3.16. The molecule has 0 bridgehead atoms. The molecule has 2 aromatic rings. The first-order valence-electron chi connectivity index (χ1n) is 6.42. The standard InChI is InChI=1S/C13H17ClN2O3S/c1-2-20(18,19)5-3-4-16-12(9-17)7-10-6-11(14)8-15-13(10)16/h6-8,17H,2-5,9H2,1H3. The lowest BCUT2D eigenvalue weighted by Crippen LogP contribution is -2.12. The van der Waals surface area contributed by atoms with Crippen LogP contribution in [0.1, 0.15) is 19.0 Å². The van der Waals surface area contributed by atoms with Crippen LogP contribution >= 0.6 is 11.6 Å². The summed E-state index contributed by atoms with van der Waals surface area (Å²) in [6.07, 6.45) is 2.04. The minimum atomic E-state index is -2.97. The first-order valence-corrected chi connectivity index (χ1v) is 8.61. The number of aliphatic hydroxyl groups excluding tert-OH is 1. The number of aliphatic hydroxyl groups is 1. The van der Waals surface area contributed by atoms with E-state index in [0.717, 1.165) is 5.39 Å². The van der Waals surface area contributed by atoms with E-state index >= 15 is 0 Å². The van der Waals surface area contributed by atoms with E-state index in [9.17, 15) is 13.5 Å². The van der Waals surface area contributed by atoms with E-state index in [2.05, 4.69) is 4.98 Å². The maximum absolute atomic E-state index is 11.5. The number of aromatic nitrogens is 2. The molecule has 2 rings (SSSR count). The van der Waals surface area contributed by atoms with E-state index in [4.69, 9.17) is 11.6 Å². The van der Waals surface area contributed by atoms with Gasteiger partial charge in [-0.2, -0.15) is 0 Å². The van der Waals surface area contributed by atoms with Crippen LogP contribution in [-0.2, 0) is 23.0 Å². The highest BCUT2D eigenvalue weighted by Gasteiger charge is 2.12. The summed E-state index contributed by atoms with van der Waals surface area (Å²) in [4.78, 5) is 4.26. The lowest BCUT2D eigenvalue weighted by atomic mass is 10.3. The van der Waals surface area contributed by atoms with Gasteiger partial charge in [0.1, 0.15) is 15.5 Å². The van der Waals surface area contributed by atoms with E-state index in [0.29, 0.717) is 29.3 Å². The Morgan fingerprint density at radius 3 is 2.80 bits per heavy atom. The van der Waals surface area contributed by atoms with E-state index in [1.807, 2.05) is 10.6 Å². The third-order valence-corrected chi connectivity index (χ3v) is 5.22. The average Bonchev–Trinajstić information content (AvgIpc) is 2.76. The van der Waals surface area contributed by atoms with Crippen molar-refractivity contribution in [2.24, 2.45) is 0 Å². The Labute approximate surface area is 123 Å². The largest absolute Gasteiger partial charge is 0.390 e. The third kappa shape index (κ3) is 3.31. The second kappa shape index (κ2) is 6.11. The average molecular weight is 317 g/mol. The van der Waals surface area contributed by atoms with Crippen LogP contribution in [0.3, 0.4) is 0 Å². The molecule has 7 heteroatoms. The molecule has 0 radical (unpaired) electrons. The van der Waals surface area contributed by atoms with Gasteiger partial charge in [0.25, 0.3) is 0 Å². The lowest BCUT2D eigenvalue weighted by molar-refractivity contribution is 0.271. The highest BCUT2D eigenvalue weighted by atomic mass is 35.5. The molecule has 0 aliphatic rings. The maximum atomic E-state index is 11.5. The molecule has 2 heterocycles. The highest BCUT2D eigenvalue weighted by molar-refractivity contribution is 7.91. The molecular weight excluding hydrogens is 300 g/mol. The highest BCUT2D eigenvalue weighted by Crippen LogP contribution is 2.21. The molecule has 0 aliphatic carbocycles. The molecule has 5 nitrogen and oxygen atoms in total. The fraction of sp³-hybridized carbons (Fsp3) is 0.462. The van der Waals surface area contributed by atoms with Crippen LogP contribution < -0.4 is 0 Å². The van der Waals surface area contributed by atoms with Gasteiger partial charge in [-0.25, -0.2) is 13.4 Å². The van der Waals surface area contributed by atoms with Crippen molar-refractivity contribution in [2.45, 2.75) is 26.5 Å². The number of aryl methyl sites for hydroxylation is 1. The van der Waals surface area contributed by atoms with Crippen molar-refractivity contribution < 1.29 is 13.5 Å². The molecule has 0 amide bonds. The predicted molar refractivity (Wildman–Crippen MR) is 79.6 cm³/mol. The van der Waals surface area contributed by atoms with Gasteiger partial charge in [0.05, 0.1) is 17.4 Å². The van der Waals surface area contributed by atoms with E-state index in [1.54, 1.807) is 19.2 Å². The minimum Gasteiger partial charge on any atom is -0.390 e. The van der Waals surface area contributed by atoms with Crippen LogP contribution in [0.4, 0.5) is 0 Å². The number of halogens is 1. The molecule has 2 aromatic heterocycles. The quantitative estimate of drug-likeness (QED) is 0.885. The van der Waals surface area contributed by atoms with Gasteiger partial charge in [0, 0.05) is 29.6 Å². The second-order valence-electron chi connectivity index (χ2n) is 4.60. The van der Waals surface area contributed by atoms with E-state index in [-0.39, 0.29) is 18.1 Å². The monoisotopic (exact) mass is 316 g/mol. The SMILES string of the molecule is CCS(=O)(=O)CCCn1c(CO)cc2cc(Cl)cnc21. The van der Waals surface area contributed by atoms with Crippen LogP contribution in [-0.4, -0.2) is 34.6 Å². The zero-order chi connectivity index (χ0) is 14.8. The third-order valence-electron chi connectivity index (χ3n) is 3.23. The molecule has 0 atom stereocenters. The molecule has 0 aromatic carbocycles. The molecular formula is C13H17ClN2O3S. The van der Waals surface area contributed by atoms with Gasteiger partial charge in [0.2, 0.25) is 0 Å². The summed E-state index contributed by atoms with van der Waals surface area (Å²) in [6.45, 7) is 2.03. The molecule has 0 saturated heterocycles. The molecule has 110 valence electrons. The van der Waals surface area contributed by atoms with Gasteiger partial charge in [0.15, 0.2) is 0 Å². The summed E-state index contributed by atoms with van der Waals surface area (Å²) in [5.41, 5.74) is 1.43. The van der Waals surface area contributed by atoms with Crippen molar-refractivity contribution in [1.29, 1.82) is 0 Å². The summed E-state index contributed by atoms with van der Waals surface area (Å²) >= 11 is 5.89. The Hall–Kier alpha value is -1.11. The molecule has 0 spiro atoms. The number of hydrogen-bond acceptors (Lipinski definition) is 4. The number of hydrogen-bond donors (Lipinski definition) is 1. The minimum absolute atomic E-state index is 0.117. The lowest BCUT2D eigenvalue weighted by Gasteiger charge is -2.08. The first kappa shape index (κ1) is 15.3. The summed E-state index contributed by atoms with van der Waals surface area (Å²) in [7, 11) is -2.97. The molecule has 0 fully saturated rings. The van der Waals surface area contributed by atoms with Gasteiger partial charge >= 0.3 is 0 Å². The number of rotatable bonds is 6. The van der Waals surface area contributed by atoms with Gasteiger partial charge < -0.3 is 9.67 Å². The number of pyridine rings is 1. The first-order chi connectivity index (χ1) is 9.46. The molecule has 20 heavy (non-hydrogen) atoms. The van der Waals surface area contributed by atoms with Crippen molar-refractivity contribution in [3.05, 3.63) is 29.0 Å². The van der Waals surface area contributed by atoms with Gasteiger partial charge in [-0.3, -0.25) is 0 Å². The summed E-state index contributed by atoms with van der Waals surface area (Å²) in [6, 6.07) is 3.60. The van der Waals surface area contributed by atoms with Crippen LogP contribution in [0.2, 0.25) is 5.02 Å². The van der Waals surface area contributed by atoms with Crippen molar-refractivity contribution in [3.63, 3.8) is 0 Å². The Morgan fingerprint density at radius 1 is 1.40 bits per heavy atom. The maximum Gasteiger partial charge on any atom is 0.150 e. The van der Waals surface area contributed by atoms with Crippen LogP contribution in [0.25, 0.3) is 11.0 Å². The van der Waals surface area contributed by atoms with Crippen molar-refractivity contribution >= 4 is 32.5 Å². The number of nitrogens with zero attached hydrogens (tertiary/aromatic N) is 2. The zero-order valence-electron chi connectivity index (χ0n) is 11.2. The Balaban J connectivity index is 2.24. The fourth-order valence-electron chi connectivity index (χ4n) is 2.14. The van der Waals surface area contributed by atoms with E-state index in [1.165, 1.54) is 0 Å². The molecule has 0 unspecified atom stereocenters.